The number of aromatic nitrogens is 1. The summed E-state index contributed by atoms with van der Waals surface area (Å²) in [6.07, 6.45) is 4.74. The summed E-state index contributed by atoms with van der Waals surface area (Å²) in [7, 11) is 1.38. The first-order chi connectivity index (χ1) is 16.5. The number of anilines is 1. The van der Waals surface area contributed by atoms with Crippen molar-refractivity contribution in [3.8, 4) is 17.0 Å². The van der Waals surface area contributed by atoms with Gasteiger partial charge in [0, 0.05) is 42.1 Å². The van der Waals surface area contributed by atoms with Gasteiger partial charge in [-0.15, -0.1) is 0 Å². The maximum Gasteiger partial charge on any atom is 0.407 e. The van der Waals surface area contributed by atoms with Gasteiger partial charge in [0.05, 0.1) is 12.7 Å². The van der Waals surface area contributed by atoms with Crippen molar-refractivity contribution in [1.82, 2.24) is 10.3 Å². The summed E-state index contributed by atoms with van der Waals surface area (Å²) in [6, 6.07) is 7.55. The minimum Gasteiger partial charge on any atom is -0.493 e. The van der Waals surface area contributed by atoms with Gasteiger partial charge in [0.15, 0.2) is 0 Å². The highest BCUT2D eigenvalue weighted by molar-refractivity contribution is 5.95. The number of aromatic hydroxyl groups is 1. The lowest BCUT2D eigenvalue weighted by Gasteiger charge is -2.39. The van der Waals surface area contributed by atoms with E-state index in [1.54, 1.807) is 12.3 Å². The van der Waals surface area contributed by atoms with E-state index < -0.39 is 11.6 Å². The summed E-state index contributed by atoms with van der Waals surface area (Å²) >= 11 is 0. The highest BCUT2D eigenvalue weighted by Crippen LogP contribution is 2.35. The third kappa shape index (κ3) is 6.65. The molecule has 1 amide bonds. The van der Waals surface area contributed by atoms with Crippen LogP contribution in [0.15, 0.2) is 30.5 Å². The van der Waals surface area contributed by atoms with Gasteiger partial charge in [0.2, 0.25) is 5.88 Å². The molecule has 1 aromatic heterocycles. The van der Waals surface area contributed by atoms with Crippen LogP contribution < -0.4 is 10.2 Å². The van der Waals surface area contributed by atoms with Gasteiger partial charge in [-0.3, -0.25) is 0 Å². The molecule has 3 rings (SSSR count). The molecule has 2 aromatic rings. The molecule has 1 aliphatic rings. The highest BCUT2D eigenvalue weighted by Gasteiger charge is 2.29. The number of rotatable bonds is 6. The molecule has 1 heterocycles. The standard InChI is InChI=1S/C27H37N3O5/c1-7-30(21-11-9-20(10-12-21)29-26(33)35-27(3,4)5)23-15-19(18-8-13-24(31)28-16-18)14-22(17(23)2)25(32)34-6/h8,13-16,20-21H,7,9-12H2,1-6H3,(H,28,31)(H,29,33)/t20-,21-. The van der Waals surface area contributed by atoms with Gasteiger partial charge in [-0.05, 0) is 89.6 Å². The molecule has 1 saturated carbocycles. The number of ether oxygens (including phenoxy) is 2. The van der Waals surface area contributed by atoms with E-state index in [1.165, 1.54) is 13.2 Å². The predicted octanol–water partition coefficient (Wildman–Crippen LogP) is 5.21. The number of amides is 1. The van der Waals surface area contributed by atoms with Gasteiger partial charge in [0.1, 0.15) is 5.60 Å². The third-order valence-electron chi connectivity index (χ3n) is 6.38. The van der Waals surface area contributed by atoms with Gasteiger partial charge in [-0.25, -0.2) is 14.6 Å². The van der Waals surface area contributed by atoms with E-state index in [4.69, 9.17) is 9.47 Å². The maximum absolute atomic E-state index is 12.6. The Balaban J connectivity index is 1.84. The van der Waals surface area contributed by atoms with Crippen LogP contribution in [0.25, 0.3) is 11.1 Å². The van der Waals surface area contributed by atoms with Gasteiger partial charge < -0.3 is 24.8 Å². The number of carbonyl (C=O) groups is 2. The van der Waals surface area contributed by atoms with Crippen molar-refractivity contribution >= 4 is 17.7 Å². The normalized spacial score (nSPS) is 18.0. The fourth-order valence-electron chi connectivity index (χ4n) is 4.67. The number of methoxy groups -OCH3 is 1. The summed E-state index contributed by atoms with van der Waals surface area (Å²) < 4.78 is 10.5. The van der Waals surface area contributed by atoms with Crippen molar-refractivity contribution < 1.29 is 24.2 Å². The Bertz CT molecular complexity index is 1040. The zero-order valence-electron chi connectivity index (χ0n) is 21.6. The summed E-state index contributed by atoms with van der Waals surface area (Å²) in [5.74, 6) is -0.445. The van der Waals surface area contributed by atoms with Crippen molar-refractivity contribution in [3.63, 3.8) is 0 Å². The summed E-state index contributed by atoms with van der Waals surface area (Å²) in [6.45, 7) is 10.4. The van der Waals surface area contributed by atoms with E-state index in [0.717, 1.165) is 54.6 Å². The van der Waals surface area contributed by atoms with E-state index >= 15 is 0 Å². The van der Waals surface area contributed by atoms with Crippen LogP contribution >= 0.6 is 0 Å². The molecule has 8 heteroatoms. The molecule has 0 saturated heterocycles. The van der Waals surface area contributed by atoms with Crippen LogP contribution in [0.1, 0.15) is 69.3 Å². The molecule has 1 aliphatic carbocycles. The largest absolute Gasteiger partial charge is 0.493 e. The Hall–Kier alpha value is -3.29. The molecule has 35 heavy (non-hydrogen) atoms. The van der Waals surface area contributed by atoms with Crippen molar-refractivity contribution in [2.45, 2.75) is 78.0 Å². The minimum atomic E-state index is -0.521. The van der Waals surface area contributed by atoms with E-state index in [-0.39, 0.29) is 24.1 Å². The lowest BCUT2D eigenvalue weighted by molar-refractivity contribution is 0.0490. The average molecular weight is 484 g/mol. The molecule has 0 unspecified atom stereocenters. The first-order valence-electron chi connectivity index (χ1n) is 12.2. The fourth-order valence-corrected chi connectivity index (χ4v) is 4.67. The van der Waals surface area contributed by atoms with Crippen molar-refractivity contribution in [1.29, 1.82) is 0 Å². The molecule has 0 spiro atoms. The van der Waals surface area contributed by atoms with E-state index in [1.807, 2.05) is 33.8 Å². The van der Waals surface area contributed by atoms with E-state index in [0.29, 0.717) is 5.56 Å². The zero-order valence-corrected chi connectivity index (χ0v) is 21.6. The van der Waals surface area contributed by atoms with Gasteiger partial charge in [-0.2, -0.15) is 0 Å². The van der Waals surface area contributed by atoms with Crippen molar-refractivity contribution in [3.05, 3.63) is 41.6 Å². The molecule has 0 aliphatic heterocycles. The predicted molar refractivity (Wildman–Crippen MR) is 136 cm³/mol. The van der Waals surface area contributed by atoms with Crippen LogP contribution in [0, 0.1) is 6.92 Å². The summed E-state index contributed by atoms with van der Waals surface area (Å²) in [4.78, 5) is 31.1. The topological polar surface area (TPSA) is 101 Å². The number of nitrogens with zero attached hydrogens (tertiary/aromatic N) is 2. The molecular weight excluding hydrogens is 446 g/mol. The Labute approximate surface area is 207 Å². The van der Waals surface area contributed by atoms with E-state index in [2.05, 4.69) is 28.2 Å². The molecule has 1 aromatic carbocycles. The third-order valence-corrected chi connectivity index (χ3v) is 6.38. The number of pyridine rings is 1. The zero-order chi connectivity index (χ0) is 25.8. The number of alkyl carbamates (subject to hydrolysis) is 1. The lowest BCUT2D eigenvalue weighted by atomic mass is 9.89. The Morgan fingerprint density at radius 2 is 1.83 bits per heavy atom. The number of nitrogens with one attached hydrogen (secondary N) is 1. The molecule has 0 radical (unpaired) electrons. The van der Waals surface area contributed by atoms with Crippen LogP contribution in [0.4, 0.5) is 10.5 Å². The Morgan fingerprint density at radius 3 is 2.37 bits per heavy atom. The van der Waals surface area contributed by atoms with E-state index in [9.17, 15) is 14.7 Å². The molecule has 0 bridgehead atoms. The SMILES string of the molecule is CCN(c1cc(-c2ccc(O)nc2)cc(C(=O)OC)c1C)[C@H]1CC[C@H](NC(=O)OC(C)(C)C)CC1. The molecular formula is C27H37N3O5. The second kappa shape index (κ2) is 11.0. The van der Waals surface area contributed by atoms with Crippen molar-refractivity contribution in [2.75, 3.05) is 18.6 Å². The Morgan fingerprint density at radius 1 is 1.14 bits per heavy atom. The van der Waals surface area contributed by atoms with Gasteiger partial charge >= 0.3 is 12.1 Å². The molecule has 1 fully saturated rings. The van der Waals surface area contributed by atoms with Gasteiger partial charge in [-0.1, -0.05) is 0 Å². The monoisotopic (exact) mass is 483 g/mol. The molecule has 190 valence electrons. The molecule has 0 atom stereocenters. The van der Waals surface area contributed by atoms with Crippen LogP contribution in [0.3, 0.4) is 0 Å². The van der Waals surface area contributed by atoms with Gasteiger partial charge in [0.25, 0.3) is 0 Å². The first kappa shape index (κ1) is 26.3. The second-order valence-corrected chi connectivity index (χ2v) is 10.0. The van der Waals surface area contributed by atoms with Crippen LogP contribution in [0.5, 0.6) is 5.88 Å². The van der Waals surface area contributed by atoms with Crippen LogP contribution in [0.2, 0.25) is 0 Å². The number of carbonyl (C=O) groups excluding carboxylic acids is 2. The smallest absolute Gasteiger partial charge is 0.407 e. The average Bonchev–Trinajstić information content (AvgIpc) is 2.80. The van der Waals surface area contributed by atoms with Crippen LogP contribution in [-0.2, 0) is 9.47 Å². The summed E-state index contributed by atoms with van der Waals surface area (Å²) in [5.41, 5.74) is 3.46. The molecule has 8 nitrogen and oxygen atoms in total. The fraction of sp³-hybridized carbons (Fsp3) is 0.519. The Kier molecular flexibility index (Phi) is 8.25. The van der Waals surface area contributed by atoms with Crippen molar-refractivity contribution in [2.24, 2.45) is 0 Å². The lowest BCUT2D eigenvalue weighted by Crippen LogP contribution is -2.45. The summed E-state index contributed by atoms with van der Waals surface area (Å²) in [5, 5.41) is 12.6. The second-order valence-electron chi connectivity index (χ2n) is 10.0. The highest BCUT2D eigenvalue weighted by atomic mass is 16.6. The quantitative estimate of drug-likeness (QED) is 0.544. The number of hydrogen-bond acceptors (Lipinski definition) is 7. The number of esters is 1. The number of benzene rings is 1. The molecule has 2 N–H and O–H groups in total. The minimum absolute atomic E-state index is 0.0544. The first-order valence-corrected chi connectivity index (χ1v) is 12.2. The number of hydrogen-bond donors (Lipinski definition) is 2. The van der Waals surface area contributed by atoms with Crippen LogP contribution in [-0.4, -0.2) is 53.5 Å². The maximum atomic E-state index is 12.6.